The van der Waals surface area contributed by atoms with Gasteiger partial charge in [-0.2, -0.15) is 13.2 Å². The van der Waals surface area contributed by atoms with E-state index in [1.165, 1.54) is 4.68 Å². The Hall–Kier alpha value is -2.12. The Balaban J connectivity index is 1.99. The first-order valence-corrected chi connectivity index (χ1v) is 9.27. The van der Waals surface area contributed by atoms with Gasteiger partial charge in [0.2, 0.25) is 0 Å². The van der Waals surface area contributed by atoms with Crippen LogP contribution in [0.4, 0.5) is 22.0 Å². The number of hydrogen-bond donors (Lipinski definition) is 0. The van der Waals surface area contributed by atoms with Crippen molar-refractivity contribution in [1.82, 2.24) is 9.36 Å². The predicted octanol–water partition coefficient (Wildman–Crippen LogP) is 5.04. The van der Waals surface area contributed by atoms with E-state index < -0.39 is 41.8 Å². The summed E-state index contributed by atoms with van der Waals surface area (Å²) in [7, 11) is 0. The van der Waals surface area contributed by atoms with Crippen LogP contribution in [0.25, 0.3) is 5.69 Å². The minimum Gasteiger partial charge on any atom is -0.281 e. The molecule has 8 heteroatoms. The normalized spacial score (nSPS) is 25.4. The summed E-state index contributed by atoms with van der Waals surface area (Å²) >= 11 is 0. The fourth-order valence-electron chi connectivity index (χ4n) is 5.23. The molecule has 0 saturated heterocycles. The zero-order valence-electron chi connectivity index (χ0n) is 15.8. The van der Waals surface area contributed by atoms with Crippen LogP contribution in [-0.4, -0.2) is 15.5 Å². The fraction of sp³-hybridized carbons (Fsp3) is 0.550. The lowest BCUT2D eigenvalue weighted by molar-refractivity contribution is -0.137. The third-order valence-corrected chi connectivity index (χ3v) is 7.02. The lowest BCUT2D eigenvalue weighted by Crippen LogP contribution is -2.36. The molecule has 152 valence electrons. The third kappa shape index (κ3) is 2.42. The highest BCUT2D eigenvalue weighted by atomic mass is 19.4. The van der Waals surface area contributed by atoms with Gasteiger partial charge in [-0.05, 0) is 36.3 Å². The summed E-state index contributed by atoms with van der Waals surface area (Å²) in [6, 6.07) is 2.73. The Morgan fingerprint density at radius 3 is 2.46 bits per heavy atom. The SMILES string of the molecule is CC1(C)[C@@H]2CC[C@@]1(C)c1c2c(=O)n(-c2ccc(F)cc2F)n1CCC(F)(F)F. The number of halogens is 5. The fourth-order valence-corrected chi connectivity index (χ4v) is 5.23. The molecular formula is C20H21F5N2O. The molecule has 28 heavy (non-hydrogen) atoms. The third-order valence-electron chi connectivity index (χ3n) is 7.02. The summed E-state index contributed by atoms with van der Waals surface area (Å²) in [5.74, 6) is -1.89. The van der Waals surface area contributed by atoms with Gasteiger partial charge >= 0.3 is 6.18 Å². The Bertz CT molecular complexity index is 1020. The van der Waals surface area contributed by atoms with Gasteiger partial charge in [0.25, 0.3) is 5.56 Å². The zero-order chi connectivity index (χ0) is 20.6. The van der Waals surface area contributed by atoms with E-state index >= 15 is 0 Å². The van der Waals surface area contributed by atoms with Gasteiger partial charge in [0.05, 0.1) is 12.1 Å². The summed E-state index contributed by atoms with van der Waals surface area (Å²) in [6.45, 7) is 5.53. The average molecular weight is 400 g/mol. The molecule has 1 aromatic carbocycles. The van der Waals surface area contributed by atoms with Crippen molar-refractivity contribution in [3.8, 4) is 5.69 Å². The Labute approximate surface area is 158 Å². The van der Waals surface area contributed by atoms with E-state index in [1.807, 2.05) is 20.8 Å². The summed E-state index contributed by atoms with van der Waals surface area (Å²) < 4.78 is 69.0. The van der Waals surface area contributed by atoms with E-state index in [-0.39, 0.29) is 17.0 Å². The quantitative estimate of drug-likeness (QED) is 0.663. The minimum atomic E-state index is -4.42. The number of rotatable bonds is 3. The van der Waals surface area contributed by atoms with Gasteiger partial charge in [0, 0.05) is 23.6 Å². The van der Waals surface area contributed by atoms with E-state index in [9.17, 15) is 26.7 Å². The van der Waals surface area contributed by atoms with Crippen LogP contribution in [-0.2, 0) is 12.0 Å². The summed E-state index contributed by atoms with van der Waals surface area (Å²) in [5.41, 5.74) is -0.471. The molecule has 0 unspecified atom stereocenters. The maximum absolute atomic E-state index is 14.5. The zero-order valence-corrected chi connectivity index (χ0v) is 15.8. The lowest BCUT2D eigenvalue weighted by Gasteiger charge is -2.36. The highest BCUT2D eigenvalue weighted by Gasteiger charge is 2.63. The van der Waals surface area contributed by atoms with Crippen LogP contribution in [0.15, 0.2) is 23.0 Å². The molecule has 1 heterocycles. The monoisotopic (exact) mass is 400 g/mol. The molecular weight excluding hydrogens is 379 g/mol. The van der Waals surface area contributed by atoms with Gasteiger partial charge in [0.15, 0.2) is 5.82 Å². The van der Waals surface area contributed by atoms with E-state index in [4.69, 9.17) is 0 Å². The van der Waals surface area contributed by atoms with Crippen molar-refractivity contribution < 1.29 is 22.0 Å². The second kappa shape index (κ2) is 5.70. The lowest BCUT2D eigenvalue weighted by atomic mass is 9.70. The largest absolute Gasteiger partial charge is 0.390 e. The van der Waals surface area contributed by atoms with E-state index in [1.54, 1.807) is 0 Å². The van der Waals surface area contributed by atoms with Crippen LogP contribution in [0.3, 0.4) is 0 Å². The second-order valence-electron chi connectivity index (χ2n) is 8.61. The van der Waals surface area contributed by atoms with Crippen molar-refractivity contribution in [1.29, 1.82) is 0 Å². The van der Waals surface area contributed by atoms with Crippen molar-refractivity contribution >= 4 is 0 Å². The molecule has 0 N–H and O–H groups in total. The van der Waals surface area contributed by atoms with Crippen LogP contribution in [0.2, 0.25) is 0 Å². The highest BCUT2D eigenvalue weighted by Crippen LogP contribution is 2.67. The molecule has 1 saturated carbocycles. The number of benzene rings is 1. The van der Waals surface area contributed by atoms with Crippen molar-refractivity contribution in [3.63, 3.8) is 0 Å². The molecule has 2 aliphatic carbocycles. The molecule has 0 amide bonds. The van der Waals surface area contributed by atoms with E-state index in [0.29, 0.717) is 17.3 Å². The average Bonchev–Trinajstić information content (AvgIpc) is 3.04. The van der Waals surface area contributed by atoms with Crippen molar-refractivity contribution in [2.24, 2.45) is 5.41 Å². The number of alkyl halides is 3. The summed E-state index contributed by atoms with van der Waals surface area (Å²) in [5, 5.41) is 0. The topological polar surface area (TPSA) is 26.9 Å². The molecule has 2 bridgehead atoms. The summed E-state index contributed by atoms with van der Waals surface area (Å²) in [4.78, 5) is 13.3. The number of aromatic nitrogens is 2. The molecule has 2 atom stereocenters. The number of fused-ring (bicyclic) bond motifs is 5. The molecule has 2 aromatic rings. The molecule has 2 aliphatic rings. The Kier molecular flexibility index (Phi) is 3.91. The first-order chi connectivity index (χ1) is 12.9. The highest BCUT2D eigenvalue weighted by molar-refractivity contribution is 5.47. The van der Waals surface area contributed by atoms with Crippen LogP contribution in [0, 0.1) is 17.0 Å². The molecule has 4 rings (SSSR count). The van der Waals surface area contributed by atoms with Crippen molar-refractivity contribution in [2.75, 3.05) is 0 Å². The van der Waals surface area contributed by atoms with Gasteiger partial charge in [-0.3, -0.25) is 9.48 Å². The smallest absolute Gasteiger partial charge is 0.281 e. The number of nitrogens with zero attached hydrogens (tertiary/aromatic N) is 2. The van der Waals surface area contributed by atoms with Crippen LogP contribution in [0.1, 0.15) is 57.2 Å². The molecule has 1 fully saturated rings. The maximum atomic E-state index is 14.5. The van der Waals surface area contributed by atoms with Gasteiger partial charge in [-0.15, -0.1) is 0 Å². The predicted molar refractivity (Wildman–Crippen MR) is 93.7 cm³/mol. The number of hydrogen-bond acceptors (Lipinski definition) is 1. The first-order valence-electron chi connectivity index (χ1n) is 9.27. The molecule has 1 aromatic heterocycles. The van der Waals surface area contributed by atoms with Crippen LogP contribution < -0.4 is 5.56 Å². The minimum absolute atomic E-state index is 0.0955. The van der Waals surface area contributed by atoms with Crippen molar-refractivity contribution in [3.05, 3.63) is 51.4 Å². The standard InChI is InChI=1S/C20H21F5N2O/c1-18(2)12-6-7-19(18,3)16-15(12)17(28)27(26(16)9-8-20(23,24)25)14-5-4-11(21)10-13(14)22/h4-5,10,12H,6-9H2,1-3H3/t12-,19+/m1/s1. The van der Waals surface area contributed by atoms with E-state index in [2.05, 4.69) is 0 Å². The molecule has 0 spiro atoms. The Morgan fingerprint density at radius 2 is 1.86 bits per heavy atom. The first kappa shape index (κ1) is 19.2. The van der Waals surface area contributed by atoms with Crippen LogP contribution in [0.5, 0.6) is 0 Å². The van der Waals surface area contributed by atoms with Gasteiger partial charge in [0.1, 0.15) is 11.5 Å². The maximum Gasteiger partial charge on any atom is 0.390 e. The molecule has 0 radical (unpaired) electrons. The van der Waals surface area contributed by atoms with Crippen molar-refractivity contribution in [2.45, 2.75) is 64.1 Å². The Morgan fingerprint density at radius 1 is 1.18 bits per heavy atom. The van der Waals surface area contributed by atoms with E-state index in [0.717, 1.165) is 29.7 Å². The molecule has 3 nitrogen and oxygen atoms in total. The van der Waals surface area contributed by atoms with Gasteiger partial charge in [-0.25, -0.2) is 13.5 Å². The van der Waals surface area contributed by atoms with Gasteiger partial charge < -0.3 is 0 Å². The molecule has 0 aliphatic heterocycles. The second-order valence-corrected chi connectivity index (χ2v) is 8.61. The van der Waals surface area contributed by atoms with Crippen LogP contribution >= 0.6 is 0 Å². The van der Waals surface area contributed by atoms with Gasteiger partial charge in [-0.1, -0.05) is 20.8 Å². The summed E-state index contributed by atoms with van der Waals surface area (Å²) in [6.07, 6.45) is -4.05.